The molecule has 1 saturated heterocycles. The average Bonchev–Trinajstić information content (AvgIpc) is 3.06. The summed E-state index contributed by atoms with van der Waals surface area (Å²) >= 11 is 0. The molecule has 1 N–H and O–H groups in total. The van der Waals surface area contributed by atoms with E-state index < -0.39 is 0 Å². The Bertz CT molecular complexity index is 299. The van der Waals surface area contributed by atoms with Gasteiger partial charge >= 0.3 is 0 Å². The summed E-state index contributed by atoms with van der Waals surface area (Å²) in [5.74, 6) is 1.08. The number of nitrogens with zero attached hydrogens (tertiary/aromatic N) is 1. The molecule has 0 bridgehead atoms. The van der Waals surface area contributed by atoms with Crippen LogP contribution in [0.4, 0.5) is 0 Å². The van der Waals surface area contributed by atoms with Crippen LogP contribution in [0, 0.1) is 5.92 Å². The zero-order chi connectivity index (χ0) is 14.4. The predicted molar refractivity (Wildman–Crippen MR) is 83.4 cm³/mol. The van der Waals surface area contributed by atoms with Gasteiger partial charge in [0, 0.05) is 6.54 Å². The Balaban J connectivity index is 1.93. The largest absolute Gasteiger partial charge is 0.326 e. The maximum atomic E-state index is 12.6. The number of carbonyl (C=O) groups is 1. The first-order valence-electron chi connectivity index (χ1n) is 8.84. The van der Waals surface area contributed by atoms with Crippen molar-refractivity contribution in [2.75, 3.05) is 6.54 Å². The Morgan fingerprint density at radius 1 is 1.10 bits per heavy atom. The summed E-state index contributed by atoms with van der Waals surface area (Å²) in [5, 5.41) is 3.65. The third kappa shape index (κ3) is 3.75. The molecule has 2 unspecified atom stereocenters. The Kier molecular flexibility index (Phi) is 6.34. The lowest BCUT2D eigenvalue weighted by Gasteiger charge is -2.29. The second-order valence-electron chi connectivity index (χ2n) is 6.59. The minimum absolute atomic E-state index is 0.0942. The van der Waals surface area contributed by atoms with Gasteiger partial charge in [0.05, 0.1) is 12.2 Å². The summed E-state index contributed by atoms with van der Waals surface area (Å²) in [6.45, 7) is 5.37. The molecule has 116 valence electrons. The maximum absolute atomic E-state index is 12.6. The molecule has 1 saturated carbocycles. The van der Waals surface area contributed by atoms with E-state index in [1.165, 1.54) is 51.4 Å². The van der Waals surface area contributed by atoms with Crippen molar-refractivity contribution in [1.29, 1.82) is 0 Å². The lowest BCUT2D eigenvalue weighted by Crippen LogP contribution is -2.43. The van der Waals surface area contributed by atoms with E-state index in [2.05, 4.69) is 24.1 Å². The molecule has 2 aliphatic rings. The molecule has 3 nitrogen and oxygen atoms in total. The molecule has 3 heteroatoms. The highest BCUT2D eigenvalue weighted by Crippen LogP contribution is 2.32. The van der Waals surface area contributed by atoms with Crippen molar-refractivity contribution in [1.82, 2.24) is 10.2 Å². The lowest BCUT2D eigenvalue weighted by atomic mass is 10.0. The standard InChI is InChI=1S/C17H32N2O/c1-3-5-6-9-13-19-16(14-11-7-8-12-14)18-15(10-4-2)17(19)20/h14-16,18H,3-13H2,1-2H3. The summed E-state index contributed by atoms with van der Waals surface area (Å²) in [7, 11) is 0. The molecule has 0 aromatic rings. The van der Waals surface area contributed by atoms with Crippen molar-refractivity contribution in [3.63, 3.8) is 0 Å². The van der Waals surface area contributed by atoms with Crippen molar-refractivity contribution in [3.8, 4) is 0 Å². The van der Waals surface area contributed by atoms with Crippen molar-refractivity contribution in [2.24, 2.45) is 5.92 Å². The van der Waals surface area contributed by atoms with E-state index in [0.717, 1.165) is 19.4 Å². The molecule has 1 aliphatic carbocycles. The third-order valence-corrected chi connectivity index (χ3v) is 4.97. The monoisotopic (exact) mass is 280 g/mol. The molecule has 1 amide bonds. The normalized spacial score (nSPS) is 27.7. The highest BCUT2D eigenvalue weighted by Gasteiger charge is 2.42. The SMILES string of the molecule is CCCCCCN1C(=O)C(CCC)NC1C1CCCC1. The molecule has 2 rings (SSSR count). The van der Waals surface area contributed by atoms with Gasteiger partial charge in [-0.3, -0.25) is 10.1 Å². The Morgan fingerprint density at radius 2 is 1.85 bits per heavy atom. The van der Waals surface area contributed by atoms with E-state index in [9.17, 15) is 4.79 Å². The van der Waals surface area contributed by atoms with Crippen LogP contribution in [-0.2, 0) is 4.79 Å². The molecule has 20 heavy (non-hydrogen) atoms. The smallest absolute Gasteiger partial charge is 0.241 e. The number of amides is 1. The fourth-order valence-corrected chi connectivity index (χ4v) is 3.82. The molecule has 1 aliphatic heterocycles. The molecule has 2 atom stereocenters. The van der Waals surface area contributed by atoms with Gasteiger partial charge in [-0.2, -0.15) is 0 Å². The van der Waals surface area contributed by atoms with Crippen LogP contribution >= 0.6 is 0 Å². The van der Waals surface area contributed by atoms with Gasteiger partial charge in [-0.05, 0) is 31.6 Å². The van der Waals surface area contributed by atoms with Gasteiger partial charge in [-0.1, -0.05) is 52.4 Å². The zero-order valence-electron chi connectivity index (χ0n) is 13.4. The molecular weight excluding hydrogens is 248 g/mol. The highest BCUT2D eigenvalue weighted by molar-refractivity contribution is 5.84. The summed E-state index contributed by atoms with van der Waals surface area (Å²) in [6, 6.07) is 0.0942. The van der Waals surface area contributed by atoms with Gasteiger partial charge in [-0.15, -0.1) is 0 Å². The first kappa shape index (κ1) is 15.8. The summed E-state index contributed by atoms with van der Waals surface area (Å²) in [5.41, 5.74) is 0. The van der Waals surface area contributed by atoms with Crippen molar-refractivity contribution >= 4 is 5.91 Å². The molecule has 0 radical (unpaired) electrons. The third-order valence-electron chi connectivity index (χ3n) is 4.97. The Labute approximate surface area is 124 Å². The molecule has 0 aromatic heterocycles. The molecule has 0 spiro atoms. The van der Waals surface area contributed by atoms with Crippen molar-refractivity contribution < 1.29 is 4.79 Å². The maximum Gasteiger partial charge on any atom is 0.241 e. The van der Waals surface area contributed by atoms with Crippen LogP contribution < -0.4 is 5.32 Å². The van der Waals surface area contributed by atoms with E-state index >= 15 is 0 Å². The van der Waals surface area contributed by atoms with Gasteiger partial charge in [0.1, 0.15) is 0 Å². The van der Waals surface area contributed by atoms with Crippen molar-refractivity contribution in [3.05, 3.63) is 0 Å². The first-order valence-corrected chi connectivity index (χ1v) is 8.84. The number of carbonyl (C=O) groups excluding carboxylic acids is 1. The summed E-state index contributed by atoms with van der Waals surface area (Å²) in [6.07, 6.45) is 12.7. The number of nitrogens with one attached hydrogen (secondary N) is 1. The van der Waals surface area contributed by atoms with Gasteiger partial charge in [-0.25, -0.2) is 0 Å². The topological polar surface area (TPSA) is 32.3 Å². The van der Waals surface area contributed by atoms with Crippen LogP contribution in [0.5, 0.6) is 0 Å². The number of rotatable bonds is 8. The summed E-state index contributed by atoms with van der Waals surface area (Å²) < 4.78 is 0. The Morgan fingerprint density at radius 3 is 2.50 bits per heavy atom. The van der Waals surface area contributed by atoms with E-state index in [4.69, 9.17) is 0 Å². The Hall–Kier alpha value is -0.570. The van der Waals surface area contributed by atoms with E-state index in [1.54, 1.807) is 0 Å². The van der Waals surface area contributed by atoms with Crippen LogP contribution in [-0.4, -0.2) is 29.6 Å². The molecule has 2 fully saturated rings. The van der Waals surface area contributed by atoms with E-state index in [1.807, 2.05) is 0 Å². The highest BCUT2D eigenvalue weighted by atomic mass is 16.2. The molecule has 1 heterocycles. The first-order chi connectivity index (χ1) is 9.77. The summed E-state index contributed by atoms with van der Waals surface area (Å²) in [4.78, 5) is 14.8. The van der Waals surface area contributed by atoms with Crippen LogP contribution in [0.3, 0.4) is 0 Å². The van der Waals surface area contributed by atoms with Crippen molar-refractivity contribution in [2.45, 2.75) is 90.3 Å². The van der Waals surface area contributed by atoms with Crippen LogP contribution in [0.15, 0.2) is 0 Å². The van der Waals surface area contributed by atoms with Gasteiger partial charge < -0.3 is 4.90 Å². The molecule has 0 aromatic carbocycles. The number of hydrogen-bond donors (Lipinski definition) is 1. The van der Waals surface area contributed by atoms with Gasteiger partial charge in [0.15, 0.2) is 0 Å². The van der Waals surface area contributed by atoms with Crippen LogP contribution in [0.1, 0.15) is 78.1 Å². The lowest BCUT2D eigenvalue weighted by molar-refractivity contribution is -0.130. The molecular formula is C17H32N2O. The van der Waals surface area contributed by atoms with Crippen LogP contribution in [0.2, 0.25) is 0 Å². The average molecular weight is 280 g/mol. The number of unbranched alkanes of at least 4 members (excludes halogenated alkanes) is 3. The van der Waals surface area contributed by atoms with E-state index in [0.29, 0.717) is 18.0 Å². The minimum Gasteiger partial charge on any atom is -0.326 e. The van der Waals surface area contributed by atoms with Crippen LogP contribution in [0.25, 0.3) is 0 Å². The fraction of sp³-hybridized carbons (Fsp3) is 0.941. The van der Waals surface area contributed by atoms with Gasteiger partial charge in [0.2, 0.25) is 5.91 Å². The van der Waals surface area contributed by atoms with E-state index in [-0.39, 0.29) is 6.04 Å². The number of hydrogen-bond acceptors (Lipinski definition) is 2. The predicted octanol–water partition coefficient (Wildman–Crippen LogP) is 3.68. The zero-order valence-corrected chi connectivity index (χ0v) is 13.4. The second kappa shape index (κ2) is 8.02. The minimum atomic E-state index is 0.0942. The fourth-order valence-electron chi connectivity index (χ4n) is 3.82. The quantitative estimate of drug-likeness (QED) is 0.688. The second-order valence-corrected chi connectivity index (χ2v) is 6.59. The van der Waals surface area contributed by atoms with Gasteiger partial charge in [0.25, 0.3) is 0 Å².